The van der Waals surface area contributed by atoms with Crippen LogP contribution in [0.1, 0.15) is 48.1 Å². The fourth-order valence-corrected chi connectivity index (χ4v) is 5.22. The van der Waals surface area contributed by atoms with Gasteiger partial charge in [-0.2, -0.15) is 0 Å². The molecule has 0 fully saturated rings. The fourth-order valence-electron chi connectivity index (χ4n) is 2.81. The molecule has 0 aliphatic rings. The van der Waals surface area contributed by atoms with Gasteiger partial charge in [0.05, 0.1) is 0 Å². The molecule has 3 rings (SSSR count). The predicted octanol–water partition coefficient (Wildman–Crippen LogP) is 4.65. The largest absolute Gasteiger partial charge is 0.354 e. The highest BCUT2D eigenvalue weighted by Gasteiger charge is 2.18. The lowest BCUT2D eigenvalue weighted by Crippen LogP contribution is -2.27. The quantitative estimate of drug-likeness (QED) is 0.485. The zero-order valence-electron chi connectivity index (χ0n) is 17.6. The Kier molecular flexibility index (Phi) is 7.42. The van der Waals surface area contributed by atoms with Crippen molar-refractivity contribution in [2.75, 3.05) is 11.9 Å². The van der Waals surface area contributed by atoms with Gasteiger partial charge < -0.3 is 9.84 Å². The number of nitrogens with zero attached hydrogens (tertiary/aromatic N) is 1. The van der Waals surface area contributed by atoms with Crippen LogP contribution in [0, 0.1) is 6.92 Å². The molecule has 2 N–H and O–H groups in total. The highest BCUT2D eigenvalue weighted by atomic mass is 32.2. The molecular weight excluding hydrogens is 434 g/mol. The molecule has 31 heavy (non-hydrogen) atoms. The smallest absolute Gasteiger partial charge is 0.250 e. The summed E-state index contributed by atoms with van der Waals surface area (Å²) in [7, 11) is -3.61. The molecule has 0 saturated carbocycles. The minimum absolute atomic E-state index is 0.0572. The number of amides is 1. The van der Waals surface area contributed by atoms with Crippen LogP contribution in [0.15, 0.2) is 51.2 Å². The number of sulfonamides is 1. The van der Waals surface area contributed by atoms with Crippen molar-refractivity contribution in [3.05, 3.63) is 64.4 Å². The predicted molar refractivity (Wildman–Crippen MR) is 123 cm³/mol. The first kappa shape index (κ1) is 22.9. The van der Waals surface area contributed by atoms with Gasteiger partial charge in [0.2, 0.25) is 15.9 Å². The summed E-state index contributed by atoms with van der Waals surface area (Å²) in [5, 5.41) is 6.65. The fraction of sp³-hybridized carbons (Fsp3) is 0.273. The molecule has 2 heterocycles. The lowest BCUT2D eigenvalue weighted by Gasteiger charge is -2.12. The Hall–Kier alpha value is -2.75. The van der Waals surface area contributed by atoms with Crippen LogP contribution in [0.25, 0.3) is 12.2 Å². The number of nitrogens with one attached hydrogen (secondary N) is 2. The molecule has 1 unspecified atom stereocenters. The summed E-state index contributed by atoms with van der Waals surface area (Å²) in [6.07, 6.45) is 3.74. The van der Waals surface area contributed by atoms with Crippen molar-refractivity contribution in [2.24, 2.45) is 0 Å². The van der Waals surface area contributed by atoms with Crippen molar-refractivity contribution in [3.63, 3.8) is 0 Å². The molecule has 2 aromatic heterocycles. The SMILES string of the molecule is CCC(=O)Nc1c(C)noc1C=Cc1ccc(S(=O)(=O)NCC(C)c2ccccc2)s1. The van der Waals surface area contributed by atoms with E-state index in [0.29, 0.717) is 30.1 Å². The molecule has 9 heteroatoms. The van der Waals surface area contributed by atoms with Crippen LogP contribution in [0.2, 0.25) is 0 Å². The van der Waals surface area contributed by atoms with Gasteiger partial charge in [-0.15, -0.1) is 11.3 Å². The van der Waals surface area contributed by atoms with Gasteiger partial charge >= 0.3 is 0 Å². The molecule has 0 saturated heterocycles. The maximum Gasteiger partial charge on any atom is 0.250 e. The third-order valence-electron chi connectivity index (χ3n) is 4.69. The van der Waals surface area contributed by atoms with Crippen molar-refractivity contribution in [3.8, 4) is 0 Å². The number of hydrogen-bond donors (Lipinski definition) is 2. The Morgan fingerprint density at radius 3 is 2.65 bits per heavy atom. The number of rotatable bonds is 9. The van der Waals surface area contributed by atoms with E-state index in [9.17, 15) is 13.2 Å². The molecule has 3 aromatic rings. The van der Waals surface area contributed by atoms with Gasteiger partial charge in [0.15, 0.2) is 5.76 Å². The number of aryl methyl sites for hydroxylation is 1. The van der Waals surface area contributed by atoms with Gasteiger partial charge in [0.25, 0.3) is 0 Å². The van der Waals surface area contributed by atoms with Crippen LogP contribution in [0.4, 0.5) is 5.69 Å². The molecule has 164 valence electrons. The number of carbonyl (C=O) groups excluding carboxylic acids is 1. The van der Waals surface area contributed by atoms with Crippen LogP contribution in [-0.2, 0) is 14.8 Å². The van der Waals surface area contributed by atoms with E-state index in [1.807, 2.05) is 37.3 Å². The summed E-state index contributed by atoms with van der Waals surface area (Å²) in [6, 6.07) is 13.1. The van der Waals surface area contributed by atoms with Crippen molar-refractivity contribution < 1.29 is 17.7 Å². The Bertz CT molecular complexity index is 1160. The number of carbonyl (C=O) groups is 1. The maximum atomic E-state index is 12.7. The number of thiophene rings is 1. The molecule has 0 spiro atoms. The molecule has 1 amide bonds. The number of anilines is 1. The third-order valence-corrected chi connectivity index (χ3v) is 7.65. The van der Waals surface area contributed by atoms with Crippen molar-refractivity contribution in [2.45, 2.75) is 37.3 Å². The van der Waals surface area contributed by atoms with Gasteiger partial charge in [-0.25, -0.2) is 13.1 Å². The standard InChI is InChI=1S/C22H25N3O4S2/c1-4-20(26)24-22-16(3)25-29-19(22)12-10-18-11-13-21(30-18)31(27,28)23-14-15(2)17-8-6-5-7-9-17/h5-13,15,23H,4,14H2,1-3H3,(H,24,26). The van der Waals surface area contributed by atoms with Crippen LogP contribution >= 0.6 is 11.3 Å². The Morgan fingerprint density at radius 2 is 1.94 bits per heavy atom. The second-order valence-corrected chi connectivity index (χ2v) is 10.2. The van der Waals surface area contributed by atoms with Crippen LogP contribution in [-0.4, -0.2) is 26.0 Å². The lowest BCUT2D eigenvalue weighted by atomic mass is 10.0. The van der Waals surface area contributed by atoms with Crippen molar-refractivity contribution >= 4 is 45.1 Å². The molecule has 0 radical (unpaired) electrons. The van der Waals surface area contributed by atoms with E-state index in [-0.39, 0.29) is 16.0 Å². The average molecular weight is 460 g/mol. The third kappa shape index (κ3) is 5.90. The van der Waals surface area contributed by atoms with Gasteiger partial charge in [0.1, 0.15) is 15.6 Å². The molecule has 0 aliphatic carbocycles. The van der Waals surface area contributed by atoms with Gasteiger partial charge in [0, 0.05) is 17.8 Å². The summed E-state index contributed by atoms with van der Waals surface area (Å²) in [5.41, 5.74) is 2.17. The van der Waals surface area contributed by atoms with E-state index >= 15 is 0 Å². The van der Waals surface area contributed by atoms with E-state index in [2.05, 4.69) is 15.2 Å². The monoisotopic (exact) mass is 459 g/mol. The molecule has 0 aliphatic heterocycles. The zero-order valence-corrected chi connectivity index (χ0v) is 19.2. The summed E-state index contributed by atoms with van der Waals surface area (Å²) < 4.78 is 33.5. The van der Waals surface area contributed by atoms with Crippen molar-refractivity contribution in [1.82, 2.24) is 9.88 Å². The first-order valence-corrected chi connectivity index (χ1v) is 12.2. The van der Waals surface area contributed by atoms with E-state index in [1.54, 1.807) is 38.1 Å². The van der Waals surface area contributed by atoms with Gasteiger partial charge in [-0.3, -0.25) is 4.79 Å². The van der Waals surface area contributed by atoms with E-state index in [4.69, 9.17) is 4.52 Å². The first-order valence-electron chi connectivity index (χ1n) is 9.88. The van der Waals surface area contributed by atoms with E-state index in [1.165, 1.54) is 0 Å². The molecule has 7 nitrogen and oxygen atoms in total. The van der Waals surface area contributed by atoms with Crippen LogP contribution in [0.3, 0.4) is 0 Å². The molecule has 0 bridgehead atoms. The first-order chi connectivity index (χ1) is 14.8. The maximum absolute atomic E-state index is 12.7. The second kappa shape index (κ2) is 10.0. The Balaban J connectivity index is 1.68. The van der Waals surface area contributed by atoms with E-state index < -0.39 is 10.0 Å². The number of benzene rings is 1. The van der Waals surface area contributed by atoms with Gasteiger partial charge in [-0.1, -0.05) is 49.3 Å². The Morgan fingerprint density at radius 1 is 1.19 bits per heavy atom. The van der Waals surface area contributed by atoms with Crippen LogP contribution < -0.4 is 10.0 Å². The molecule has 1 aromatic carbocycles. The number of aromatic nitrogens is 1. The minimum atomic E-state index is -3.61. The number of hydrogen-bond acceptors (Lipinski definition) is 6. The summed E-state index contributed by atoms with van der Waals surface area (Å²) in [4.78, 5) is 12.4. The topological polar surface area (TPSA) is 101 Å². The average Bonchev–Trinajstić information content (AvgIpc) is 3.39. The summed E-state index contributed by atoms with van der Waals surface area (Å²) >= 11 is 1.15. The lowest BCUT2D eigenvalue weighted by molar-refractivity contribution is -0.115. The van der Waals surface area contributed by atoms with Crippen LogP contribution in [0.5, 0.6) is 0 Å². The highest BCUT2D eigenvalue weighted by molar-refractivity contribution is 7.91. The van der Waals surface area contributed by atoms with E-state index in [0.717, 1.165) is 21.8 Å². The highest BCUT2D eigenvalue weighted by Crippen LogP contribution is 2.26. The minimum Gasteiger partial charge on any atom is -0.354 e. The van der Waals surface area contributed by atoms with Gasteiger partial charge in [-0.05, 0) is 42.7 Å². The Labute approximate surface area is 186 Å². The molecular formula is C22H25N3O4S2. The summed E-state index contributed by atoms with van der Waals surface area (Å²) in [5.74, 6) is 0.329. The normalized spacial score (nSPS) is 12.9. The van der Waals surface area contributed by atoms with Crippen molar-refractivity contribution in [1.29, 1.82) is 0 Å². The second-order valence-electron chi connectivity index (χ2n) is 7.06. The zero-order chi connectivity index (χ0) is 22.4. The molecule has 1 atom stereocenters. The summed E-state index contributed by atoms with van der Waals surface area (Å²) in [6.45, 7) is 5.79.